The quantitative estimate of drug-likeness (QED) is 0.659. The van der Waals surface area contributed by atoms with Crippen molar-refractivity contribution in [3.63, 3.8) is 0 Å². The highest BCUT2D eigenvalue weighted by Crippen LogP contribution is 2.18. The molecule has 1 heterocycles. The molecule has 3 aromatic rings. The maximum atomic E-state index is 12.8. The first-order chi connectivity index (χ1) is 13.9. The zero-order chi connectivity index (χ0) is 21.0. The van der Waals surface area contributed by atoms with Crippen molar-refractivity contribution in [3.8, 4) is 18.0 Å². The van der Waals surface area contributed by atoms with Gasteiger partial charge in [-0.25, -0.2) is 0 Å². The number of hydrogen-bond donors (Lipinski definition) is 2. The lowest BCUT2D eigenvalue weighted by molar-refractivity contribution is 0.0959. The number of benzene rings is 2. The van der Waals surface area contributed by atoms with Gasteiger partial charge in [0.25, 0.3) is 11.8 Å². The van der Waals surface area contributed by atoms with Gasteiger partial charge in [0.05, 0.1) is 29.2 Å². The van der Waals surface area contributed by atoms with Crippen LogP contribution < -0.4 is 10.6 Å². The zero-order valence-electron chi connectivity index (χ0n) is 16.5. The lowest BCUT2D eigenvalue weighted by Crippen LogP contribution is -2.25. The predicted molar refractivity (Wildman–Crippen MR) is 111 cm³/mol. The molecule has 0 spiro atoms. The van der Waals surface area contributed by atoms with Crippen molar-refractivity contribution in [1.82, 2.24) is 20.3 Å². The van der Waals surface area contributed by atoms with Gasteiger partial charge in [0.2, 0.25) is 0 Å². The first-order valence-electron chi connectivity index (χ1n) is 9.04. The van der Waals surface area contributed by atoms with Gasteiger partial charge < -0.3 is 10.6 Å². The summed E-state index contributed by atoms with van der Waals surface area (Å²) >= 11 is 0. The SMILES string of the molecule is C#CCNC(=O)c1ccccc1NC(=O)c1nn(-c2ccc(C)cc2C)nc1C. The van der Waals surface area contributed by atoms with E-state index in [1.54, 1.807) is 31.2 Å². The molecule has 146 valence electrons. The summed E-state index contributed by atoms with van der Waals surface area (Å²) in [5, 5.41) is 14.1. The first kappa shape index (κ1) is 19.8. The Morgan fingerprint density at radius 2 is 1.83 bits per heavy atom. The van der Waals surface area contributed by atoms with Crippen LogP contribution in [0.25, 0.3) is 5.69 Å². The zero-order valence-corrected chi connectivity index (χ0v) is 16.5. The van der Waals surface area contributed by atoms with Crippen LogP contribution in [0.1, 0.15) is 37.7 Å². The molecule has 2 N–H and O–H groups in total. The number of anilines is 1. The van der Waals surface area contributed by atoms with Crippen LogP contribution in [0.15, 0.2) is 42.5 Å². The Bertz CT molecular complexity index is 1120. The summed E-state index contributed by atoms with van der Waals surface area (Å²) in [6, 6.07) is 12.6. The molecule has 0 saturated carbocycles. The van der Waals surface area contributed by atoms with Crippen LogP contribution in [0, 0.1) is 33.1 Å². The molecule has 0 aliphatic carbocycles. The summed E-state index contributed by atoms with van der Waals surface area (Å²) in [5.41, 5.74) is 4.28. The number of hydrogen-bond acceptors (Lipinski definition) is 4. The molecule has 2 amide bonds. The van der Waals surface area contributed by atoms with Gasteiger partial charge in [-0.05, 0) is 44.5 Å². The molecule has 2 aromatic carbocycles. The van der Waals surface area contributed by atoms with E-state index in [9.17, 15) is 9.59 Å². The number of nitrogens with zero attached hydrogens (tertiary/aromatic N) is 3. The Hall–Kier alpha value is -3.92. The molecule has 0 aliphatic heterocycles. The van der Waals surface area contributed by atoms with E-state index in [2.05, 4.69) is 26.8 Å². The van der Waals surface area contributed by atoms with Crippen molar-refractivity contribution in [3.05, 3.63) is 70.5 Å². The summed E-state index contributed by atoms with van der Waals surface area (Å²) in [4.78, 5) is 26.5. The molecule has 0 bridgehead atoms. The fourth-order valence-electron chi connectivity index (χ4n) is 2.92. The minimum Gasteiger partial charge on any atom is -0.341 e. The number of aryl methyl sites for hydroxylation is 3. The summed E-state index contributed by atoms with van der Waals surface area (Å²) in [7, 11) is 0. The Morgan fingerprint density at radius 3 is 2.55 bits per heavy atom. The van der Waals surface area contributed by atoms with Crippen LogP contribution >= 0.6 is 0 Å². The highest BCUT2D eigenvalue weighted by atomic mass is 16.2. The predicted octanol–water partition coefficient (Wildman–Crippen LogP) is 2.81. The average Bonchev–Trinajstić information content (AvgIpc) is 3.08. The van der Waals surface area contributed by atoms with Crippen molar-refractivity contribution < 1.29 is 9.59 Å². The van der Waals surface area contributed by atoms with E-state index in [1.165, 1.54) is 4.80 Å². The normalized spacial score (nSPS) is 10.3. The Labute approximate surface area is 169 Å². The van der Waals surface area contributed by atoms with Crippen molar-refractivity contribution >= 4 is 17.5 Å². The molecule has 7 heteroatoms. The second-order valence-corrected chi connectivity index (χ2v) is 6.60. The molecular weight excluding hydrogens is 366 g/mol. The molecule has 7 nitrogen and oxygen atoms in total. The molecule has 0 saturated heterocycles. The summed E-state index contributed by atoms with van der Waals surface area (Å²) in [5.74, 6) is 1.53. The molecule has 0 fully saturated rings. The largest absolute Gasteiger partial charge is 0.341 e. The fraction of sp³-hybridized carbons (Fsp3) is 0.182. The maximum Gasteiger partial charge on any atom is 0.278 e. The molecule has 3 rings (SSSR count). The topological polar surface area (TPSA) is 88.9 Å². The number of nitrogens with one attached hydrogen (secondary N) is 2. The smallest absolute Gasteiger partial charge is 0.278 e. The van der Waals surface area contributed by atoms with Gasteiger partial charge >= 0.3 is 0 Å². The Balaban J connectivity index is 1.87. The van der Waals surface area contributed by atoms with Gasteiger partial charge in [-0.15, -0.1) is 11.5 Å². The number of aromatic nitrogens is 3. The summed E-state index contributed by atoms with van der Waals surface area (Å²) in [6.07, 6.45) is 5.18. The number of terminal acetylenes is 1. The summed E-state index contributed by atoms with van der Waals surface area (Å²) in [6.45, 7) is 5.79. The fourth-order valence-corrected chi connectivity index (χ4v) is 2.92. The van der Waals surface area contributed by atoms with E-state index in [4.69, 9.17) is 6.42 Å². The third kappa shape index (κ3) is 4.33. The monoisotopic (exact) mass is 387 g/mol. The molecule has 0 aliphatic rings. The van der Waals surface area contributed by atoms with Crippen LogP contribution in [0.2, 0.25) is 0 Å². The van der Waals surface area contributed by atoms with Gasteiger partial charge in [0.1, 0.15) is 0 Å². The standard InChI is InChI=1S/C22H21N5O2/c1-5-12-23-21(28)17-8-6-7-9-18(17)24-22(29)20-16(4)25-27(26-20)19-11-10-14(2)13-15(19)3/h1,6-11,13H,12H2,2-4H3,(H,23,28)(H,24,29). The first-order valence-corrected chi connectivity index (χ1v) is 9.04. The highest BCUT2D eigenvalue weighted by Gasteiger charge is 2.19. The van der Waals surface area contributed by atoms with Crippen LogP contribution in [0.5, 0.6) is 0 Å². The van der Waals surface area contributed by atoms with E-state index >= 15 is 0 Å². The lowest BCUT2D eigenvalue weighted by Gasteiger charge is -2.10. The third-order valence-corrected chi connectivity index (χ3v) is 4.34. The minimum absolute atomic E-state index is 0.102. The third-order valence-electron chi connectivity index (χ3n) is 4.34. The van der Waals surface area contributed by atoms with Crippen LogP contribution in [-0.2, 0) is 0 Å². The lowest BCUT2D eigenvalue weighted by atomic mass is 10.1. The van der Waals surface area contributed by atoms with Gasteiger partial charge in [-0.3, -0.25) is 9.59 Å². The van der Waals surface area contributed by atoms with E-state index < -0.39 is 5.91 Å². The molecule has 0 atom stereocenters. The van der Waals surface area contributed by atoms with Gasteiger partial charge in [-0.2, -0.15) is 9.90 Å². The number of carbonyl (C=O) groups excluding carboxylic acids is 2. The second kappa shape index (κ2) is 8.40. The average molecular weight is 387 g/mol. The van der Waals surface area contributed by atoms with Gasteiger partial charge in [0.15, 0.2) is 5.69 Å². The number of amides is 2. The minimum atomic E-state index is -0.448. The van der Waals surface area contributed by atoms with Crippen LogP contribution in [0.4, 0.5) is 5.69 Å². The molecule has 1 aromatic heterocycles. The van der Waals surface area contributed by atoms with E-state index in [-0.39, 0.29) is 18.1 Å². The van der Waals surface area contributed by atoms with E-state index in [1.807, 2.05) is 32.0 Å². The highest BCUT2D eigenvalue weighted by molar-refractivity contribution is 6.08. The van der Waals surface area contributed by atoms with Crippen molar-refractivity contribution in [2.45, 2.75) is 20.8 Å². The summed E-state index contributed by atoms with van der Waals surface area (Å²) < 4.78 is 0. The molecule has 29 heavy (non-hydrogen) atoms. The Morgan fingerprint density at radius 1 is 1.07 bits per heavy atom. The van der Waals surface area contributed by atoms with Crippen LogP contribution in [0.3, 0.4) is 0 Å². The number of rotatable bonds is 5. The van der Waals surface area contributed by atoms with Crippen molar-refractivity contribution in [1.29, 1.82) is 0 Å². The Kier molecular flexibility index (Phi) is 5.74. The van der Waals surface area contributed by atoms with Crippen LogP contribution in [-0.4, -0.2) is 33.4 Å². The van der Waals surface area contributed by atoms with E-state index in [0.29, 0.717) is 16.9 Å². The van der Waals surface area contributed by atoms with Crippen molar-refractivity contribution in [2.75, 3.05) is 11.9 Å². The molecule has 0 radical (unpaired) electrons. The van der Waals surface area contributed by atoms with Gasteiger partial charge in [0, 0.05) is 0 Å². The van der Waals surface area contributed by atoms with Gasteiger partial charge in [-0.1, -0.05) is 35.7 Å². The number of carbonyl (C=O) groups is 2. The second-order valence-electron chi connectivity index (χ2n) is 6.60. The molecular formula is C22H21N5O2. The number of para-hydroxylation sites is 1. The maximum absolute atomic E-state index is 12.8. The van der Waals surface area contributed by atoms with Crippen molar-refractivity contribution in [2.24, 2.45) is 0 Å². The molecule has 0 unspecified atom stereocenters. The van der Waals surface area contributed by atoms with E-state index in [0.717, 1.165) is 16.8 Å².